The standard InChI is InChI=1S/C30H29FN2O7/c1-37-22-12-8-20(9-13-22)30(19-6-4-3-5-7-19,21-10-14-23(38-2)15-11-21)39-18-26-25(34)16-27(40-26)33-17-24(31)28(35)32-29(33)36/h3-15,17,25-27,34H,16,18H2,1-2H3,(H,32,35,36)/t25?,26-,27-/m0/s1. The van der Waals surface area contributed by atoms with E-state index in [9.17, 15) is 19.1 Å². The van der Waals surface area contributed by atoms with Gasteiger partial charge in [-0.3, -0.25) is 14.3 Å². The van der Waals surface area contributed by atoms with Crippen LogP contribution in [-0.2, 0) is 15.1 Å². The molecule has 0 aliphatic carbocycles. The summed E-state index contributed by atoms with van der Waals surface area (Å²) in [5.41, 5.74) is -0.665. The summed E-state index contributed by atoms with van der Waals surface area (Å²) in [5.74, 6) is 0.229. The predicted molar refractivity (Wildman–Crippen MR) is 144 cm³/mol. The molecule has 0 spiro atoms. The van der Waals surface area contributed by atoms with E-state index in [2.05, 4.69) is 0 Å². The molecule has 1 aromatic heterocycles. The molecule has 1 unspecified atom stereocenters. The summed E-state index contributed by atoms with van der Waals surface area (Å²) in [5, 5.41) is 10.9. The number of halogens is 1. The number of aliphatic hydroxyl groups is 1. The largest absolute Gasteiger partial charge is 0.497 e. The molecule has 1 aliphatic rings. The second kappa shape index (κ2) is 11.5. The third-order valence-electron chi connectivity index (χ3n) is 7.08. The van der Waals surface area contributed by atoms with Crippen LogP contribution in [0.25, 0.3) is 0 Å². The molecule has 2 heterocycles. The SMILES string of the molecule is COc1ccc(C(OC[C@@H]2O[C@H](n3cc(F)c(=O)[nH]c3=O)CC2O)(c2ccccc2)c2ccc(OC)cc2)cc1. The van der Waals surface area contributed by atoms with Crippen molar-refractivity contribution >= 4 is 0 Å². The van der Waals surface area contributed by atoms with Crippen LogP contribution in [0, 0.1) is 5.82 Å². The third-order valence-corrected chi connectivity index (χ3v) is 7.08. The van der Waals surface area contributed by atoms with Gasteiger partial charge in [-0.05, 0) is 41.0 Å². The van der Waals surface area contributed by atoms with E-state index in [0.717, 1.165) is 27.5 Å². The third kappa shape index (κ3) is 5.16. The molecule has 9 nitrogen and oxygen atoms in total. The summed E-state index contributed by atoms with van der Waals surface area (Å²) in [6.07, 6.45) is -2.08. The van der Waals surface area contributed by atoms with Gasteiger partial charge in [0.2, 0.25) is 5.82 Å². The smallest absolute Gasteiger partial charge is 0.330 e. The summed E-state index contributed by atoms with van der Waals surface area (Å²) < 4.78 is 38.3. The van der Waals surface area contributed by atoms with Gasteiger partial charge in [0.1, 0.15) is 29.4 Å². The van der Waals surface area contributed by atoms with Crippen LogP contribution < -0.4 is 20.7 Å². The molecule has 4 aromatic rings. The van der Waals surface area contributed by atoms with Crippen molar-refractivity contribution in [2.75, 3.05) is 20.8 Å². The van der Waals surface area contributed by atoms with E-state index in [-0.39, 0.29) is 13.0 Å². The first-order valence-electron chi connectivity index (χ1n) is 12.7. The summed E-state index contributed by atoms with van der Waals surface area (Å²) in [6.45, 7) is -0.0782. The number of benzene rings is 3. The first-order chi connectivity index (χ1) is 19.3. The van der Waals surface area contributed by atoms with E-state index < -0.39 is 41.1 Å². The van der Waals surface area contributed by atoms with Gasteiger partial charge in [-0.15, -0.1) is 0 Å². The van der Waals surface area contributed by atoms with Crippen molar-refractivity contribution in [3.8, 4) is 11.5 Å². The number of ether oxygens (including phenoxy) is 4. The maximum Gasteiger partial charge on any atom is 0.330 e. The summed E-state index contributed by atoms with van der Waals surface area (Å²) in [4.78, 5) is 25.7. The average Bonchev–Trinajstić information content (AvgIpc) is 3.36. The maximum atomic E-state index is 13.9. The Labute approximate surface area is 229 Å². The van der Waals surface area contributed by atoms with Gasteiger partial charge in [0.05, 0.1) is 33.1 Å². The van der Waals surface area contributed by atoms with E-state index in [1.54, 1.807) is 14.2 Å². The van der Waals surface area contributed by atoms with E-state index in [1.807, 2.05) is 83.8 Å². The quantitative estimate of drug-likeness (QED) is 0.309. The highest BCUT2D eigenvalue weighted by atomic mass is 19.1. The molecule has 10 heteroatoms. The average molecular weight is 549 g/mol. The van der Waals surface area contributed by atoms with Crippen LogP contribution in [-0.4, -0.2) is 47.7 Å². The number of hydrogen-bond donors (Lipinski definition) is 2. The van der Waals surface area contributed by atoms with Crippen molar-refractivity contribution in [3.63, 3.8) is 0 Å². The molecule has 2 N–H and O–H groups in total. The fourth-order valence-electron chi connectivity index (χ4n) is 4.99. The Morgan fingerprint density at radius 2 is 1.48 bits per heavy atom. The Morgan fingerprint density at radius 1 is 0.925 bits per heavy atom. The minimum Gasteiger partial charge on any atom is -0.497 e. The Hall–Kier alpha value is -4.25. The van der Waals surface area contributed by atoms with Gasteiger partial charge in [-0.1, -0.05) is 54.6 Å². The number of nitrogens with zero attached hydrogens (tertiary/aromatic N) is 1. The van der Waals surface area contributed by atoms with Crippen LogP contribution in [0.4, 0.5) is 4.39 Å². The van der Waals surface area contributed by atoms with Crippen molar-refractivity contribution in [3.05, 3.63) is 128 Å². The Morgan fingerprint density at radius 3 is 2.02 bits per heavy atom. The van der Waals surface area contributed by atoms with Crippen LogP contribution in [0.3, 0.4) is 0 Å². The van der Waals surface area contributed by atoms with E-state index in [1.165, 1.54) is 0 Å². The van der Waals surface area contributed by atoms with Gasteiger partial charge in [0.15, 0.2) is 0 Å². The van der Waals surface area contributed by atoms with Crippen molar-refractivity contribution in [2.24, 2.45) is 0 Å². The molecule has 5 rings (SSSR count). The zero-order valence-electron chi connectivity index (χ0n) is 22.0. The number of rotatable bonds is 9. The molecule has 0 radical (unpaired) electrons. The lowest BCUT2D eigenvalue weighted by atomic mass is 9.80. The highest BCUT2D eigenvalue weighted by Gasteiger charge is 2.42. The van der Waals surface area contributed by atoms with E-state index in [0.29, 0.717) is 11.5 Å². The monoisotopic (exact) mass is 548 g/mol. The van der Waals surface area contributed by atoms with Gasteiger partial charge >= 0.3 is 5.69 Å². The molecule has 0 amide bonds. The normalized spacial score (nSPS) is 18.9. The molecule has 208 valence electrons. The van der Waals surface area contributed by atoms with Crippen LogP contribution in [0.5, 0.6) is 11.5 Å². The highest BCUT2D eigenvalue weighted by molar-refractivity contribution is 5.49. The topological polar surface area (TPSA) is 112 Å². The van der Waals surface area contributed by atoms with Gasteiger partial charge in [-0.25, -0.2) is 4.79 Å². The van der Waals surface area contributed by atoms with Crippen molar-refractivity contribution in [1.29, 1.82) is 0 Å². The number of H-pyrrole nitrogens is 1. The predicted octanol–water partition coefficient (Wildman–Crippen LogP) is 3.35. The molecule has 0 bridgehead atoms. The zero-order valence-corrected chi connectivity index (χ0v) is 22.0. The first-order valence-corrected chi connectivity index (χ1v) is 12.7. The molecule has 3 atom stereocenters. The number of methoxy groups -OCH3 is 2. The van der Waals surface area contributed by atoms with Crippen LogP contribution in [0.1, 0.15) is 29.3 Å². The van der Waals surface area contributed by atoms with Crippen LogP contribution >= 0.6 is 0 Å². The van der Waals surface area contributed by atoms with Crippen molar-refractivity contribution < 1.29 is 28.4 Å². The summed E-state index contributed by atoms with van der Waals surface area (Å²) in [6, 6.07) is 24.6. The fourth-order valence-corrected chi connectivity index (χ4v) is 4.99. The fraction of sp³-hybridized carbons (Fsp3) is 0.267. The Balaban J connectivity index is 1.54. The molecule has 3 aromatic carbocycles. The lowest BCUT2D eigenvalue weighted by molar-refractivity contribution is -0.0945. The van der Waals surface area contributed by atoms with Crippen molar-refractivity contribution in [2.45, 2.75) is 30.5 Å². The molecule has 40 heavy (non-hydrogen) atoms. The molecule has 1 aliphatic heterocycles. The molecule has 0 saturated carbocycles. The van der Waals surface area contributed by atoms with Gasteiger partial charge in [-0.2, -0.15) is 4.39 Å². The molecular weight excluding hydrogens is 519 g/mol. The number of hydrogen-bond acceptors (Lipinski definition) is 7. The van der Waals surface area contributed by atoms with Crippen LogP contribution in [0.2, 0.25) is 0 Å². The highest BCUT2D eigenvalue weighted by Crippen LogP contribution is 2.42. The van der Waals surface area contributed by atoms with Gasteiger partial charge in [0, 0.05) is 6.42 Å². The number of nitrogens with one attached hydrogen (secondary N) is 1. The lowest BCUT2D eigenvalue weighted by Gasteiger charge is -2.37. The molecular formula is C30H29FN2O7. The second-order valence-electron chi connectivity index (χ2n) is 9.39. The van der Waals surface area contributed by atoms with E-state index >= 15 is 0 Å². The van der Waals surface area contributed by atoms with Gasteiger partial charge < -0.3 is 24.1 Å². The van der Waals surface area contributed by atoms with Crippen molar-refractivity contribution in [1.82, 2.24) is 9.55 Å². The second-order valence-corrected chi connectivity index (χ2v) is 9.39. The molecule has 1 saturated heterocycles. The zero-order chi connectivity index (χ0) is 28.3. The minimum atomic E-state index is -1.14. The summed E-state index contributed by atoms with van der Waals surface area (Å²) >= 11 is 0. The minimum absolute atomic E-state index is 0.00280. The number of aromatic amines is 1. The number of aliphatic hydroxyl groups excluding tert-OH is 1. The molecule has 1 fully saturated rings. The lowest BCUT2D eigenvalue weighted by Crippen LogP contribution is -2.38. The Kier molecular flexibility index (Phi) is 7.83. The van der Waals surface area contributed by atoms with Crippen LogP contribution in [0.15, 0.2) is 94.6 Å². The van der Waals surface area contributed by atoms with E-state index in [4.69, 9.17) is 18.9 Å². The summed E-state index contributed by atoms with van der Waals surface area (Å²) in [7, 11) is 3.18. The number of aromatic nitrogens is 2. The first kappa shape index (κ1) is 27.3. The maximum absolute atomic E-state index is 13.9. The Bertz CT molecular complexity index is 1500. The van der Waals surface area contributed by atoms with Gasteiger partial charge in [0.25, 0.3) is 5.56 Å².